The molecule has 29 heavy (non-hydrogen) atoms. The van der Waals surface area contributed by atoms with Gasteiger partial charge in [0.1, 0.15) is 11.6 Å². The zero-order valence-electron chi connectivity index (χ0n) is 15.9. The number of carbonyl (C=O) groups is 2. The number of rotatable bonds is 9. The van der Waals surface area contributed by atoms with Crippen molar-refractivity contribution in [1.29, 1.82) is 0 Å². The van der Waals surface area contributed by atoms with Crippen molar-refractivity contribution < 1.29 is 27.1 Å². The Labute approximate surface area is 168 Å². The van der Waals surface area contributed by atoms with Crippen molar-refractivity contribution >= 4 is 27.5 Å². The number of benzene rings is 2. The van der Waals surface area contributed by atoms with Crippen LogP contribution in [0, 0.1) is 5.82 Å². The lowest BCUT2D eigenvalue weighted by atomic mass is 10.2. The molecule has 0 unspecified atom stereocenters. The van der Waals surface area contributed by atoms with E-state index in [1.807, 2.05) is 0 Å². The quantitative estimate of drug-likeness (QED) is 0.569. The standard InChI is InChI=1S/C19H22FN3O5S/c1-12(2)23-29(26,27)13-7-8-15(20)14(11-13)19(25)22-16-5-3-4-6-17(16)28-10-9-18(21)24/h3-8,11-12,23H,9-10H2,1-2H3,(H2,21,24)(H,22,25). The minimum Gasteiger partial charge on any atom is -0.491 e. The second-order valence-electron chi connectivity index (χ2n) is 6.43. The fourth-order valence-electron chi connectivity index (χ4n) is 2.37. The molecule has 0 bridgehead atoms. The van der Waals surface area contributed by atoms with E-state index in [9.17, 15) is 22.4 Å². The van der Waals surface area contributed by atoms with Crippen LogP contribution in [-0.4, -0.2) is 32.9 Å². The lowest BCUT2D eigenvalue weighted by Gasteiger charge is -2.13. The summed E-state index contributed by atoms with van der Waals surface area (Å²) in [4.78, 5) is 23.2. The van der Waals surface area contributed by atoms with Crippen LogP contribution in [-0.2, 0) is 14.8 Å². The van der Waals surface area contributed by atoms with Crippen LogP contribution in [0.2, 0.25) is 0 Å². The van der Waals surface area contributed by atoms with Gasteiger partial charge in [0.05, 0.1) is 29.2 Å². The molecule has 0 saturated carbocycles. The molecule has 0 aromatic heterocycles. The number of nitrogens with two attached hydrogens (primary N) is 1. The maximum absolute atomic E-state index is 14.2. The Morgan fingerprint density at radius 3 is 2.52 bits per heavy atom. The van der Waals surface area contributed by atoms with Crippen LogP contribution < -0.4 is 20.5 Å². The zero-order valence-corrected chi connectivity index (χ0v) is 16.8. The lowest BCUT2D eigenvalue weighted by Crippen LogP contribution is -2.30. The number of hydrogen-bond acceptors (Lipinski definition) is 5. The normalized spacial score (nSPS) is 11.3. The molecular weight excluding hydrogens is 401 g/mol. The highest BCUT2D eigenvalue weighted by Crippen LogP contribution is 2.25. The summed E-state index contributed by atoms with van der Waals surface area (Å²) in [5.41, 5.74) is 4.85. The summed E-state index contributed by atoms with van der Waals surface area (Å²) in [5, 5.41) is 2.49. The third-order valence-corrected chi connectivity index (χ3v) is 5.28. The molecule has 0 spiro atoms. The predicted octanol–water partition coefficient (Wildman–Crippen LogP) is 2.02. The molecule has 10 heteroatoms. The van der Waals surface area contributed by atoms with Crippen LogP contribution in [0.1, 0.15) is 30.6 Å². The minimum absolute atomic E-state index is 0.00514. The van der Waals surface area contributed by atoms with Crippen molar-refractivity contribution in [3.05, 3.63) is 53.8 Å². The summed E-state index contributed by atoms with van der Waals surface area (Å²) in [5.74, 6) is -2.01. The van der Waals surface area contributed by atoms with E-state index in [2.05, 4.69) is 10.0 Å². The van der Waals surface area contributed by atoms with E-state index in [0.717, 1.165) is 18.2 Å². The van der Waals surface area contributed by atoms with E-state index in [1.54, 1.807) is 32.0 Å². The number of ether oxygens (including phenoxy) is 1. The van der Waals surface area contributed by atoms with E-state index in [4.69, 9.17) is 10.5 Å². The maximum Gasteiger partial charge on any atom is 0.258 e. The first-order valence-electron chi connectivity index (χ1n) is 8.73. The maximum atomic E-state index is 14.2. The van der Waals surface area contributed by atoms with Crippen LogP contribution in [0.4, 0.5) is 10.1 Å². The second kappa shape index (κ2) is 9.48. The van der Waals surface area contributed by atoms with E-state index >= 15 is 0 Å². The van der Waals surface area contributed by atoms with Crippen molar-refractivity contribution in [3.8, 4) is 5.75 Å². The Bertz CT molecular complexity index is 1010. The average molecular weight is 423 g/mol. The van der Waals surface area contributed by atoms with E-state index in [0.29, 0.717) is 0 Å². The third-order valence-electron chi connectivity index (χ3n) is 3.62. The summed E-state index contributed by atoms with van der Waals surface area (Å²) in [6.07, 6.45) is -0.0142. The van der Waals surface area contributed by atoms with Gasteiger partial charge in [-0.25, -0.2) is 17.5 Å². The van der Waals surface area contributed by atoms with Gasteiger partial charge in [0.25, 0.3) is 5.91 Å². The minimum atomic E-state index is -3.90. The topological polar surface area (TPSA) is 128 Å². The molecule has 0 radical (unpaired) electrons. The monoisotopic (exact) mass is 423 g/mol. The van der Waals surface area contributed by atoms with Crippen molar-refractivity contribution in [2.24, 2.45) is 5.73 Å². The first-order valence-corrected chi connectivity index (χ1v) is 10.2. The smallest absolute Gasteiger partial charge is 0.258 e. The van der Waals surface area contributed by atoms with Crippen LogP contribution in [0.25, 0.3) is 0 Å². The van der Waals surface area contributed by atoms with E-state index in [1.165, 1.54) is 6.07 Å². The van der Waals surface area contributed by atoms with Gasteiger partial charge >= 0.3 is 0 Å². The molecule has 0 aliphatic heterocycles. The summed E-state index contributed by atoms with van der Waals surface area (Å²) < 4.78 is 46.6. The highest BCUT2D eigenvalue weighted by Gasteiger charge is 2.21. The number of nitrogens with one attached hydrogen (secondary N) is 2. The number of sulfonamides is 1. The summed E-state index contributed by atoms with van der Waals surface area (Å²) >= 11 is 0. The highest BCUT2D eigenvalue weighted by atomic mass is 32.2. The number of para-hydroxylation sites is 2. The van der Waals surface area contributed by atoms with Gasteiger partial charge in [-0.3, -0.25) is 9.59 Å². The Hall–Kier alpha value is -2.98. The van der Waals surface area contributed by atoms with Crippen LogP contribution in [0.3, 0.4) is 0 Å². The van der Waals surface area contributed by atoms with Crippen molar-refractivity contribution in [2.75, 3.05) is 11.9 Å². The van der Waals surface area contributed by atoms with Crippen molar-refractivity contribution in [1.82, 2.24) is 4.72 Å². The number of carbonyl (C=O) groups excluding carboxylic acids is 2. The lowest BCUT2D eigenvalue weighted by molar-refractivity contribution is -0.118. The summed E-state index contributed by atoms with van der Waals surface area (Å²) in [6.45, 7) is 3.29. The molecular formula is C19H22FN3O5S. The van der Waals surface area contributed by atoms with Gasteiger partial charge in [-0.15, -0.1) is 0 Å². The SMILES string of the molecule is CC(C)NS(=O)(=O)c1ccc(F)c(C(=O)Nc2ccccc2OCCC(N)=O)c1. The molecule has 0 aliphatic carbocycles. The number of halogens is 1. The van der Waals surface area contributed by atoms with Gasteiger partial charge < -0.3 is 15.8 Å². The molecule has 8 nitrogen and oxygen atoms in total. The number of hydrogen-bond donors (Lipinski definition) is 3. The fourth-order valence-corrected chi connectivity index (χ4v) is 3.65. The number of amides is 2. The Morgan fingerprint density at radius 2 is 1.86 bits per heavy atom. The zero-order chi connectivity index (χ0) is 21.6. The molecule has 156 valence electrons. The van der Waals surface area contributed by atoms with E-state index in [-0.39, 0.29) is 35.4 Å². The molecule has 0 aliphatic rings. The van der Waals surface area contributed by atoms with Gasteiger partial charge in [0.2, 0.25) is 15.9 Å². The summed E-state index contributed by atoms with van der Waals surface area (Å²) in [7, 11) is -3.90. The Balaban J connectivity index is 2.26. The predicted molar refractivity (Wildman–Crippen MR) is 106 cm³/mol. The Kier molecular flexibility index (Phi) is 7.29. The highest BCUT2D eigenvalue weighted by molar-refractivity contribution is 7.89. The summed E-state index contributed by atoms with van der Waals surface area (Å²) in [6, 6.07) is 8.95. The van der Waals surface area contributed by atoms with Crippen molar-refractivity contribution in [3.63, 3.8) is 0 Å². The molecule has 2 aromatic carbocycles. The molecule has 2 rings (SSSR count). The fraction of sp³-hybridized carbons (Fsp3) is 0.263. The van der Waals surface area contributed by atoms with Gasteiger partial charge in [-0.2, -0.15) is 0 Å². The van der Waals surface area contributed by atoms with Gasteiger partial charge in [-0.1, -0.05) is 12.1 Å². The average Bonchev–Trinajstić information content (AvgIpc) is 2.62. The number of primary amides is 1. The van der Waals surface area contributed by atoms with Crippen LogP contribution >= 0.6 is 0 Å². The van der Waals surface area contributed by atoms with Crippen LogP contribution in [0.5, 0.6) is 5.75 Å². The second-order valence-corrected chi connectivity index (χ2v) is 8.15. The molecule has 0 heterocycles. The Morgan fingerprint density at radius 1 is 1.17 bits per heavy atom. The van der Waals surface area contributed by atoms with Gasteiger partial charge in [0, 0.05) is 6.04 Å². The molecule has 0 fully saturated rings. The molecule has 0 saturated heterocycles. The first-order chi connectivity index (χ1) is 13.6. The largest absolute Gasteiger partial charge is 0.491 e. The van der Waals surface area contributed by atoms with Gasteiger partial charge in [-0.05, 0) is 44.2 Å². The molecule has 2 amide bonds. The number of anilines is 1. The van der Waals surface area contributed by atoms with Gasteiger partial charge in [0.15, 0.2) is 0 Å². The first kappa shape index (κ1) is 22.3. The third kappa shape index (κ3) is 6.26. The van der Waals surface area contributed by atoms with Crippen LogP contribution in [0.15, 0.2) is 47.4 Å². The molecule has 0 atom stereocenters. The molecule has 4 N–H and O–H groups in total. The molecule has 2 aromatic rings. The van der Waals surface area contributed by atoms with E-state index < -0.39 is 33.2 Å². The van der Waals surface area contributed by atoms with Crippen molar-refractivity contribution in [2.45, 2.75) is 31.2 Å².